The number of nitrogen functional groups attached to an aromatic ring is 1. The first-order valence-electron chi connectivity index (χ1n) is 14.9. The predicted molar refractivity (Wildman–Crippen MR) is 185 cm³/mol. The lowest BCUT2D eigenvalue weighted by Gasteiger charge is -2.33. The van der Waals surface area contributed by atoms with Crippen LogP contribution < -0.4 is 21.3 Å². The van der Waals surface area contributed by atoms with Crippen LogP contribution in [-0.2, 0) is 28.1 Å². The van der Waals surface area contributed by atoms with Crippen LogP contribution in [0, 0.1) is 19.3 Å². The monoisotopic (exact) mass is 664 g/mol. The Balaban J connectivity index is 1.52. The Hall–Kier alpha value is -3.29. The van der Waals surface area contributed by atoms with E-state index in [4.69, 9.17) is 21.3 Å². The Bertz CT molecular complexity index is 1690. The summed E-state index contributed by atoms with van der Waals surface area (Å²) < 4.78 is 21.2. The highest BCUT2D eigenvalue weighted by atomic mass is 32.2. The zero-order chi connectivity index (χ0) is 32.3. The van der Waals surface area contributed by atoms with Crippen molar-refractivity contribution in [1.29, 1.82) is 0 Å². The van der Waals surface area contributed by atoms with Gasteiger partial charge in [0.2, 0.25) is 5.88 Å². The maximum absolute atomic E-state index is 14.1. The number of rotatable bonds is 10. The molecule has 2 aromatic carbocycles. The highest BCUT2D eigenvalue weighted by molar-refractivity contribution is 8.13. The van der Waals surface area contributed by atoms with Crippen molar-refractivity contribution in [1.82, 2.24) is 14.3 Å². The molecule has 45 heavy (non-hydrogen) atoms. The van der Waals surface area contributed by atoms with E-state index in [-0.39, 0.29) is 11.0 Å². The molecule has 4 aromatic rings. The number of thiazole rings is 1. The van der Waals surface area contributed by atoms with Crippen molar-refractivity contribution in [2.75, 3.05) is 30.4 Å². The average molecular weight is 665 g/mol. The first-order valence-corrected chi connectivity index (χ1v) is 17.8. The van der Waals surface area contributed by atoms with E-state index in [9.17, 15) is 9.00 Å². The number of ether oxygens (including phenoxy) is 1. The first kappa shape index (κ1) is 33.1. The molecular weight excluding hydrogens is 625 g/mol. The van der Waals surface area contributed by atoms with Gasteiger partial charge in [-0.15, -0.1) is 11.3 Å². The van der Waals surface area contributed by atoms with Gasteiger partial charge in [-0.3, -0.25) is 4.79 Å². The summed E-state index contributed by atoms with van der Waals surface area (Å²) in [7, 11) is -1.46. The van der Waals surface area contributed by atoms with E-state index in [1.54, 1.807) is 34.7 Å². The average Bonchev–Trinajstić information content (AvgIpc) is 3.31. The van der Waals surface area contributed by atoms with Gasteiger partial charge in [0.1, 0.15) is 27.5 Å². The number of anilines is 2. The van der Waals surface area contributed by atoms with Crippen molar-refractivity contribution < 1.29 is 13.7 Å². The number of nitrogens with zero attached hydrogens (tertiary/aromatic N) is 4. The quantitative estimate of drug-likeness (QED) is 0.120. The SMILES string of the molecule is CCN(N)c1ccc(C(c2nc(CN3CCOc4ncccc4S3=O)c(C)s2)C(C)(C)C(=O)SCc2ccccc2)c(C)c1N. The number of hydrogen-bond acceptors (Lipinski definition) is 10. The molecule has 12 heteroatoms. The van der Waals surface area contributed by atoms with Crippen molar-refractivity contribution in [2.45, 2.75) is 57.7 Å². The molecule has 5 rings (SSSR count). The van der Waals surface area contributed by atoms with Crippen molar-refractivity contribution in [2.24, 2.45) is 11.3 Å². The van der Waals surface area contributed by atoms with Crippen LogP contribution in [0.4, 0.5) is 11.4 Å². The van der Waals surface area contributed by atoms with Gasteiger partial charge < -0.3 is 15.5 Å². The Morgan fingerprint density at radius 2 is 1.93 bits per heavy atom. The number of pyridine rings is 1. The number of carbonyl (C=O) groups is 1. The number of aromatic nitrogens is 2. The fraction of sp³-hybridized carbons (Fsp3) is 0.364. The summed E-state index contributed by atoms with van der Waals surface area (Å²) in [6, 6.07) is 17.5. The van der Waals surface area contributed by atoms with E-state index >= 15 is 0 Å². The van der Waals surface area contributed by atoms with E-state index in [2.05, 4.69) is 4.98 Å². The Labute approximate surface area is 275 Å². The van der Waals surface area contributed by atoms with Gasteiger partial charge in [-0.05, 0) is 55.7 Å². The Morgan fingerprint density at radius 3 is 2.67 bits per heavy atom. The fourth-order valence-corrected chi connectivity index (χ4v) is 8.86. The number of carbonyl (C=O) groups excluding carboxylic acids is 1. The van der Waals surface area contributed by atoms with Gasteiger partial charge in [-0.25, -0.2) is 24.3 Å². The topological polar surface area (TPSA) is 128 Å². The van der Waals surface area contributed by atoms with E-state index in [1.165, 1.54) is 11.8 Å². The molecular formula is C33H40N6O3S3. The standard InChI is InChI=1S/C33H40N6O3S3/c1-6-39(35)26-15-14-24(21(2)29(26)34)28(33(4,5)32(40)43-20-23-11-8-7-9-12-23)31-37-25(22(3)44-31)19-38-17-18-42-30-27(45(38)41)13-10-16-36-30/h7-16,28H,6,17-20,34-35H2,1-5H3. The van der Waals surface area contributed by atoms with Crippen LogP contribution in [-0.4, -0.2) is 43.3 Å². The van der Waals surface area contributed by atoms with Gasteiger partial charge in [0.15, 0.2) is 5.12 Å². The normalized spacial score (nSPS) is 16.0. The van der Waals surface area contributed by atoms with Crippen LogP contribution in [0.25, 0.3) is 0 Å². The molecule has 3 heterocycles. The maximum Gasteiger partial charge on any atom is 0.231 e. The number of hydrogen-bond donors (Lipinski definition) is 2. The van der Waals surface area contributed by atoms with E-state index in [0.717, 1.165) is 38.0 Å². The lowest BCUT2D eigenvalue weighted by atomic mass is 9.74. The first-order chi connectivity index (χ1) is 21.5. The van der Waals surface area contributed by atoms with E-state index in [1.807, 2.05) is 81.4 Å². The highest BCUT2D eigenvalue weighted by Crippen LogP contribution is 2.48. The van der Waals surface area contributed by atoms with Crippen LogP contribution in [0.5, 0.6) is 5.88 Å². The fourth-order valence-electron chi connectivity index (χ4n) is 5.43. The van der Waals surface area contributed by atoms with E-state index < -0.39 is 16.4 Å². The van der Waals surface area contributed by atoms with Crippen LogP contribution in [0.15, 0.2) is 65.7 Å². The van der Waals surface area contributed by atoms with Gasteiger partial charge in [0.05, 0.1) is 23.6 Å². The van der Waals surface area contributed by atoms with Crippen molar-refractivity contribution in [3.63, 3.8) is 0 Å². The summed E-state index contributed by atoms with van der Waals surface area (Å²) in [6.07, 6.45) is 1.64. The number of fused-ring (bicyclic) bond motifs is 1. The largest absolute Gasteiger partial charge is 0.475 e. The van der Waals surface area contributed by atoms with Crippen molar-refractivity contribution >= 4 is 50.6 Å². The molecule has 0 amide bonds. The van der Waals surface area contributed by atoms with Crippen LogP contribution >= 0.6 is 23.1 Å². The Morgan fingerprint density at radius 1 is 1.18 bits per heavy atom. The van der Waals surface area contributed by atoms with Crippen LogP contribution in [0.1, 0.15) is 59.0 Å². The molecule has 0 fully saturated rings. The van der Waals surface area contributed by atoms with Gasteiger partial charge in [0, 0.05) is 41.2 Å². The smallest absolute Gasteiger partial charge is 0.231 e. The summed E-state index contributed by atoms with van der Waals surface area (Å²) in [5.41, 5.74) is 10.9. The molecule has 0 bridgehead atoms. The number of nitrogens with two attached hydrogens (primary N) is 2. The number of aryl methyl sites for hydroxylation is 1. The predicted octanol–water partition coefficient (Wildman–Crippen LogP) is 5.97. The third-order valence-corrected chi connectivity index (χ3v) is 12.0. The van der Waals surface area contributed by atoms with Crippen LogP contribution in [0.2, 0.25) is 0 Å². The second-order valence-corrected chi connectivity index (χ2v) is 15.2. The van der Waals surface area contributed by atoms with Crippen molar-refractivity contribution in [3.8, 4) is 5.88 Å². The highest BCUT2D eigenvalue weighted by Gasteiger charge is 2.42. The maximum atomic E-state index is 14.1. The molecule has 2 unspecified atom stereocenters. The summed E-state index contributed by atoms with van der Waals surface area (Å²) in [4.78, 5) is 25.0. The van der Waals surface area contributed by atoms with Gasteiger partial charge in [-0.2, -0.15) is 0 Å². The minimum atomic E-state index is -1.46. The summed E-state index contributed by atoms with van der Waals surface area (Å²) in [5.74, 6) is 6.84. The molecule has 0 saturated carbocycles. The molecule has 0 saturated heterocycles. The summed E-state index contributed by atoms with van der Waals surface area (Å²) >= 11 is 2.89. The molecule has 238 valence electrons. The second kappa shape index (κ2) is 14.0. The molecule has 2 aromatic heterocycles. The molecule has 1 aliphatic heterocycles. The minimum absolute atomic E-state index is 0.0664. The molecule has 0 aliphatic carbocycles. The third kappa shape index (κ3) is 6.95. The number of thioether (sulfide) groups is 1. The molecule has 0 radical (unpaired) electrons. The zero-order valence-corrected chi connectivity index (χ0v) is 28.7. The summed E-state index contributed by atoms with van der Waals surface area (Å²) in [5, 5.41) is 2.50. The van der Waals surface area contributed by atoms with Crippen molar-refractivity contribution in [3.05, 3.63) is 93.1 Å². The molecule has 2 atom stereocenters. The van der Waals surface area contributed by atoms with Gasteiger partial charge in [-0.1, -0.05) is 62.0 Å². The van der Waals surface area contributed by atoms with Gasteiger partial charge >= 0.3 is 0 Å². The van der Waals surface area contributed by atoms with E-state index in [0.29, 0.717) is 48.5 Å². The van der Waals surface area contributed by atoms with Gasteiger partial charge in [0.25, 0.3) is 0 Å². The van der Waals surface area contributed by atoms with Crippen LogP contribution in [0.3, 0.4) is 0 Å². The molecule has 1 aliphatic rings. The lowest BCUT2D eigenvalue weighted by molar-refractivity contribution is -0.118. The second-order valence-electron chi connectivity index (χ2n) is 11.5. The molecule has 9 nitrogen and oxygen atoms in total. The third-order valence-electron chi connectivity index (χ3n) is 8.18. The molecule has 0 spiro atoms. The lowest BCUT2D eigenvalue weighted by Crippen LogP contribution is -2.33. The molecule has 4 N–H and O–H groups in total. The number of benzene rings is 2. The zero-order valence-electron chi connectivity index (χ0n) is 26.3. The minimum Gasteiger partial charge on any atom is -0.475 e. The summed E-state index contributed by atoms with van der Waals surface area (Å²) in [6.45, 7) is 11.8. The Kier molecular flexibility index (Phi) is 10.3. The number of hydrazine groups is 1.